The molecule has 14 heavy (non-hydrogen) atoms. The van der Waals surface area contributed by atoms with Crippen molar-refractivity contribution in [1.82, 2.24) is 0 Å². The van der Waals surface area contributed by atoms with Crippen LogP contribution in [0.5, 0.6) is 0 Å². The predicted molar refractivity (Wildman–Crippen MR) is 49.7 cm³/mol. The molecule has 2 nitrogen and oxygen atoms in total. The first-order valence-electron chi connectivity index (χ1n) is 4.10. The Balaban J connectivity index is 0.00000169. The molecule has 1 aromatic rings. The minimum Gasteiger partial charge on any atom is -0.550 e. The second kappa shape index (κ2) is 6.82. The number of hydrogen-bond acceptors (Lipinski definition) is 2. The molecule has 0 unspecified atom stereocenters. The molecule has 0 spiro atoms. The van der Waals surface area contributed by atoms with Crippen molar-refractivity contribution in [2.45, 2.75) is 13.3 Å². The average Bonchev–Trinajstić information content (AvgIpc) is 2.04. The van der Waals surface area contributed by atoms with E-state index in [1.807, 2.05) is 36.4 Å². The third-order valence-corrected chi connectivity index (χ3v) is 1.64. The Morgan fingerprint density at radius 3 is 2.43 bits per heavy atom. The Kier molecular flexibility index (Phi) is 6.54. The molecule has 1 rings (SSSR count). The van der Waals surface area contributed by atoms with Crippen LogP contribution >= 0.6 is 0 Å². The zero-order valence-corrected chi connectivity index (χ0v) is 10.5. The number of carboxylic acids is 1. The smallest absolute Gasteiger partial charge is 0.550 e. The van der Waals surface area contributed by atoms with Gasteiger partial charge >= 0.3 is 29.6 Å². The van der Waals surface area contributed by atoms with E-state index < -0.39 is 5.97 Å². The third kappa shape index (κ3) is 5.22. The van der Waals surface area contributed by atoms with Crippen molar-refractivity contribution in [3.8, 4) is 0 Å². The molecule has 0 bridgehead atoms. The van der Waals surface area contributed by atoms with E-state index in [1.165, 1.54) is 0 Å². The van der Waals surface area contributed by atoms with Crippen LogP contribution in [0.4, 0.5) is 0 Å². The molecule has 0 aliphatic carbocycles. The normalized spacial score (nSPS) is 10.5. The quantitative estimate of drug-likeness (QED) is 0.539. The average molecular weight is 198 g/mol. The Morgan fingerprint density at radius 2 is 1.93 bits per heavy atom. The minimum absolute atomic E-state index is 0. The first-order valence-corrected chi connectivity index (χ1v) is 4.10. The number of carbonyl (C=O) groups is 1. The fraction of sp³-hybridized carbons (Fsp3) is 0.182. The summed E-state index contributed by atoms with van der Waals surface area (Å²) in [4.78, 5) is 10.2. The minimum atomic E-state index is -1.04. The van der Waals surface area contributed by atoms with E-state index >= 15 is 0 Å². The van der Waals surface area contributed by atoms with Crippen molar-refractivity contribution in [3.05, 3.63) is 41.5 Å². The molecular weight excluding hydrogens is 187 g/mol. The summed E-state index contributed by atoms with van der Waals surface area (Å²) in [5.74, 6) is -1.04. The molecule has 0 aliphatic rings. The van der Waals surface area contributed by atoms with Crippen molar-refractivity contribution in [3.63, 3.8) is 0 Å². The van der Waals surface area contributed by atoms with Crippen LogP contribution in [-0.4, -0.2) is 5.97 Å². The first kappa shape index (κ1) is 13.4. The van der Waals surface area contributed by atoms with Crippen molar-refractivity contribution in [2.75, 3.05) is 0 Å². The van der Waals surface area contributed by atoms with Gasteiger partial charge in [-0.3, -0.25) is 0 Å². The van der Waals surface area contributed by atoms with E-state index in [2.05, 4.69) is 0 Å². The number of hydrogen-bond donors (Lipinski definition) is 0. The van der Waals surface area contributed by atoms with Gasteiger partial charge < -0.3 is 9.90 Å². The molecule has 0 N–H and O–H groups in total. The molecule has 1 aromatic carbocycles. The molecule has 3 heteroatoms. The molecule has 0 saturated carbocycles. The maximum atomic E-state index is 10.2. The van der Waals surface area contributed by atoms with Gasteiger partial charge in [0.05, 0.1) is 0 Å². The number of rotatable bonds is 3. The van der Waals surface area contributed by atoms with E-state index in [0.717, 1.165) is 11.1 Å². The first-order chi connectivity index (χ1) is 6.18. The fourth-order valence-electron chi connectivity index (χ4n) is 1.11. The van der Waals surface area contributed by atoms with E-state index in [1.54, 1.807) is 6.92 Å². The number of carboxylic acid groups (broad SMARTS) is 1. The van der Waals surface area contributed by atoms with E-state index in [4.69, 9.17) is 0 Å². The van der Waals surface area contributed by atoms with Gasteiger partial charge in [-0.05, 0) is 12.5 Å². The number of carbonyl (C=O) groups excluding carboxylic acids is 1. The summed E-state index contributed by atoms with van der Waals surface area (Å²) in [6.07, 6.45) is 1.84. The number of aliphatic carboxylic acids is 1. The Morgan fingerprint density at radius 1 is 1.36 bits per heavy atom. The van der Waals surface area contributed by atoms with Crippen LogP contribution in [0, 0.1) is 0 Å². The summed E-state index contributed by atoms with van der Waals surface area (Å²) in [5.41, 5.74) is 1.81. The summed E-state index contributed by atoms with van der Waals surface area (Å²) in [7, 11) is 0. The summed E-state index contributed by atoms with van der Waals surface area (Å²) in [5, 5.41) is 10.2. The molecule has 0 radical (unpaired) electrons. The molecule has 0 aliphatic heterocycles. The van der Waals surface area contributed by atoms with Gasteiger partial charge in [-0.2, -0.15) is 0 Å². The van der Waals surface area contributed by atoms with Gasteiger partial charge in [-0.1, -0.05) is 42.0 Å². The van der Waals surface area contributed by atoms with Crippen LogP contribution in [0.25, 0.3) is 6.08 Å². The standard InChI is InChI=1S/C11H12O2.Na/c1-9(8-11(12)13)7-10-5-3-2-4-6-10;/h2-7H,8H2,1H3,(H,12,13);/q;+1/p-1/b9-7-;. The van der Waals surface area contributed by atoms with Crippen molar-refractivity contribution in [1.29, 1.82) is 0 Å². The van der Waals surface area contributed by atoms with Gasteiger partial charge in [0.1, 0.15) is 0 Å². The van der Waals surface area contributed by atoms with Crippen molar-refractivity contribution >= 4 is 12.0 Å². The van der Waals surface area contributed by atoms with Gasteiger partial charge in [0, 0.05) is 12.4 Å². The molecule has 0 saturated heterocycles. The SMILES string of the molecule is C/C(=C/c1ccccc1)CC(=O)[O-].[Na+]. The van der Waals surface area contributed by atoms with E-state index in [9.17, 15) is 9.90 Å². The maximum absolute atomic E-state index is 10.2. The van der Waals surface area contributed by atoms with Gasteiger partial charge in [-0.15, -0.1) is 0 Å². The van der Waals surface area contributed by atoms with Crippen molar-refractivity contribution in [2.24, 2.45) is 0 Å². The summed E-state index contributed by atoms with van der Waals surface area (Å²) < 4.78 is 0. The second-order valence-corrected chi connectivity index (χ2v) is 2.95. The zero-order valence-electron chi connectivity index (χ0n) is 8.49. The van der Waals surface area contributed by atoms with Gasteiger partial charge in [0.25, 0.3) is 0 Å². The van der Waals surface area contributed by atoms with Crippen LogP contribution in [-0.2, 0) is 4.79 Å². The third-order valence-electron chi connectivity index (χ3n) is 1.64. The molecule has 0 heterocycles. The molecule has 0 aromatic heterocycles. The second-order valence-electron chi connectivity index (χ2n) is 2.95. The van der Waals surface area contributed by atoms with E-state index in [0.29, 0.717) is 0 Å². The zero-order chi connectivity index (χ0) is 9.68. The van der Waals surface area contributed by atoms with Crippen LogP contribution in [0.2, 0.25) is 0 Å². The fourth-order valence-corrected chi connectivity index (χ4v) is 1.11. The summed E-state index contributed by atoms with van der Waals surface area (Å²) >= 11 is 0. The number of benzene rings is 1. The molecule has 68 valence electrons. The van der Waals surface area contributed by atoms with Crippen molar-refractivity contribution < 1.29 is 39.5 Å². The van der Waals surface area contributed by atoms with Crippen LogP contribution in [0.15, 0.2) is 35.9 Å². The molecule has 0 fully saturated rings. The summed E-state index contributed by atoms with van der Waals surface area (Å²) in [6.45, 7) is 1.78. The monoisotopic (exact) mass is 198 g/mol. The van der Waals surface area contributed by atoms with Gasteiger partial charge in [0.2, 0.25) is 0 Å². The maximum Gasteiger partial charge on any atom is 1.00 e. The van der Waals surface area contributed by atoms with Crippen LogP contribution < -0.4 is 34.7 Å². The summed E-state index contributed by atoms with van der Waals surface area (Å²) in [6, 6.07) is 9.61. The Bertz CT molecular complexity index is 317. The van der Waals surface area contributed by atoms with Gasteiger partial charge in [-0.25, -0.2) is 0 Å². The molecule has 0 atom stereocenters. The Labute approximate surface area is 106 Å². The molecular formula is C11H11NaO2. The Hall–Kier alpha value is -0.570. The molecule has 0 amide bonds. The van der Waals surface area contributed by atoms with Crippen LogP contribution in [0.3, 0.4) is 0 Å². The predicted octanol–water partition coefficient (Wildman–Crippen LogP) is -1.77. The van der Waals surface area contributed by atoms with Gasteiger partial charge in [0.15, 0.2) is 0 Å². The van der Waals surface area contributed by atoms with E-state index in [-0.39, 0.29) is 36.0 Å². The topological polar surface area (TPSA) is 40.1 Å². The largest absolute Gasteiger partial charge is 1.00 e. The van der Waals surface area contributed by atoms with Crippen LogP contribution in [0.1, 0.15) is 18.9 Å².